The van der Waals surface area contributed by atoms with E-state index in [0.29, 0.717) is 56.9 Å². The van der Waals surface area contributed by atoms with E-state index >= 15 is 0 Å². The van der Waals surface area contributed by atoms with Gasteiger partial charge in [-0.1, -0.05) is 211 Å². The highest BCUT2D eigenvalue weighted by Gasteiger charge is 2.34. The Labute approximate surface area is 395 Å². The van der Waals surface area contributed by atoms with Crippen LogP contribution in [0.3, 0.4) is 0 Å². The van der Waals surface area contributed by atoms with E-state index in [0.717, 1.165) is 47.8 Å². The molecule has 1 aromatic heterocycles. The smallest absolute Gasteiger partial charge is 0.261 e. The topological polar surface area (TPSA) is 95.8 Å². The summed E-state index contributed by atoms with van der Waals surface area (Å²) in [6.07, 6.45) is 41.7. The molecule has 3 aromatic rings. The van der Waals surface area contributed by atoms with Crippen molar-refractivity contribution in [2.24, 2.45) is 0 Å². The third kappa shape index (κ3) is 21.5. The van der Waals surface area contributed by atoms with Gasteiger partial charge in [-0.15, -0.1) is 5.10 Å². The lowest BCUT2D eigenvalue weighted by molar-refractivity contribution is 0.0652. The van der Waals surface area contributed by atoms with Gasteiger partial charge in [0, 0.05) is 12.7 Å². The molecule has 9 nitrogen and oxygen atoms in total. The molecule has 0 radical (unpaired) electrons. The minimum atomic E-state index is -0.220. The van der Waals surface area contributed by atoms with E-state index in [1.165, 1.54) is 178 Å². The molecule has 1 aliphatic heterocycles. The Bertz CT molecular complexity index is 1620. The van der Waals surface area contributed by atoms with Crippen LogP contribution in [0.15, 0.2) is 42.6 Å². The summed E-state index contributed by atoms with van der Waals surface area (Å²) >= 11 is 0. The molecule has 1 aliphatic rings. The quantitative estimate of drug-likeness (QED) is 0.0413. The average molecular weight is 899 g/mol. The molecule has 2 aromatic carbocycles. The Morgan fingerprint density at radius 1 is 0.477 bits per heavy atom. The Hall–Kier alpha value is -3.88. The summed E-state index contributed by atoms with van der Waals surface area (Å²) in [7, 11) is 0. The van der Waals surface area contributed by atoms with Gasteiger partial charge in [0.05, 0.1) is 43.2 Å². The first kappa shape index (κ1) is 53.7. The van der Waals surface area contributed by atoms with Crippen LogP contribution < -0.4 is 14.2 Å². The summed E-state index contributed by atoms with van der Waals surface area (Å²) in [5, 5.41) is 8.95. The molecule has 2 heterocycles. The van der Waals surface area contributed by atoms with Gasteiger partial charge in [-0.3, -0.25) is 14.5 Å². The number of amides is 2. The summed E-state index contributed by atoms with van der Waals surface area (Å²) < 4.78 is 21.7. The zero-order valence-electron chi connectivity index (χ0n) is 41.5. The number of ether oxygens (including phenoxy) is 3. The molecular weight excluding hydrogens is 809 g/mol. The predicted octanol–water partition coefficient (Wildman–Crippen LogP) is 15.5. The van der Waals surface area contributed by atoms with Crippen molar-refractivity contribution in [3.63, 3.8) is 0 Å². The molecule has 0 spiro atoms. The standard InChI is InChI=1S/C56H90N4O5/c1-4-7-10-13-16-19-22-25-28-33-41-63-52-44-48(46-59-47-49(57-58-59)37-36-40-60-55(61)50-38-31-32-39-51(50)56(60)62)45-53(64-42-34-29-26-23-20-17-14-11-8-5-2)54(52)65-43-35-30-27-24-21-18-15-12-9-6-3/h31-32,38-39,44-45,47H,4-30,33-37,40-43,46H2,1-3H3. The maximum absolute atomic E-state index is 12.9. The summed E-state index contributed by atoms with van der Waals surface area (Å²) in [5.41, 5.74) is 2.82. The minimum absolute atomic E-state index is 0.220. The number of hydrogen-bond donors (Lipinski definition) is 0. The highest BCUT2D eigenvalue weighted by Crippen LogP contribution is 2.40. The predicted molar refractivity (Wildman–Crippen MR) is 268 cm³/mol. The first-order valence-electron chi connectivity index (χ1n) is 26.9. The van der Waals surface area contributed by atoms with Crippen LogP contribution in [-0.4, -0.2) is 58.1 Å². The van der Waals surface area contributed by atoms with Gasteiger partial charge in [0.2, 0.25) is 5.75 Å². The Balaban J connectivity index is 1.37. The molecule has 0 fully saturated rings. The number of imide groups is 1. The summed E-state index contributed by atoms with van der Waals surface area (Å²) in [4.78, 5) is 27.1. The van der Waals surface area contributed by atoms with Crippen LogP contribution in [-0.2, 0) is 13.0 Å². The normalized spacial score (nSPS) is 12.4. The van der Waals surface area contributed by atoms with E-state index in [1.807, 2.05) is 10.9 Å². The molecule has 0 bridgehead atoms. The third-order valence-corrected chi connectivity index (χ3v) is 13.0. The second-order valence-corrected chi connectivity index (χ2v) is 18.8. The fourth-order valence-electron chi connectivity index (χ4n) is 8.96. The van der Waals surface area contributed by atoms with Crippen LogP contribution in [0.5, 0.6) is 17.2 Å². The van der Waals surface area contributed by atoms with E-state index in [9.17, 15) is 9.59 Å². The number of carbonyl (C=O) groups excluding carboxylic acids is 2. The number of carbonyl (C=O) groups is 2. The first-order valence-corrected chi connectivity index (χ1v) is 26.9. The van der Waals surface area contributed by atoms with Gasteiger partial charge in [0.25, 0.3) is 11.8 Å². The van der Waals surface area contributed by atoms with Crippen LogP contribution in [0, 0.1) is 0 Å². The molecule has 364 valence electrons. The number of aromatic nitrogens is 3. The lowest BCUT2D eigenvalue weighted by atomic mass is 10.1. The number of rotatable bonds is 42. The number of aryl methyl sites for hydroxylation is 1. The van der Waals surface area contributed by atoms with Crippen molar-refractivity contribution in [2.75, 3.05) is 26.4 Å². The van der Waals surface area contributed by atoms with Crippen molar-refractivity contribution in [2.45, 2.75) is 233 Å². The number of fused-ring (bicyclic) bond motifs is 1. The minimum Gasteiger partial charge on any atom is -0.490 e. The van der Waals surface area contributed by atoms with Gasteiger partial charge in [0.1, 0.15) is 0 Å². The van der Waals surface area contributed by atoms with Crippen molar-refractivity contribution in [1.82, 2.24) is 19.9 Å². The summed E-state index contributed by atoms with van der Waals surface area (Å²) in [5.74, 6) is 1.80. The van der Waals surface area contributed by atoms with Gasteiger partial charge in [0.15, 0.2) is 11.5 Å². The van der Waals surface area contributed by atoms with Gasteiger partial charge in [-0.25, -0.2) is 4.68 Å². The van der Waals surface area contributed by atoms with E-state index in [4.69, 9.17) is 14.2 Å². The third-order valence-electron chi connectivity index (χ3n) is 13.0. The van der Waals surface area contributed by atoms with Crippen LogP contribution >= 0.6 is 0 Å². The average Bonchev–Trinajstić information content (AvgIpc) is 3.86. The highest BCUT2D eigenvalue weighted by molar-refractivity contribution is 6.21. The van der Waals surface area contributed by atoms with Gasteiger partial charge in [-0.05, 0) is 61.9 Å². The highest BCUT2D eigenvalue weighted by atomic mass is 16.5. The maximum atomic E-state index is 12.9. The molecular formula is C56H90N4O5. The van der Waals surface area contributed by atoms with Crippen molar-refractivity contribution in [3.8, 4) is 17.2 Å². The zero-order valence-corrected chi connectivity index (χ0v) is 41.5. The Kier molecular flexibility index (Phi) is 28.5. The van der Waals surface area contributed by atoms with Crippen molar-refractivity contribution in [3.05, 3.63) is 65.0 Å². The lowest BCUT2D eigenvalue weighted by Crippen LogP contribution is -2.30. The van der Waals surface area contributed by atoms with Gasteiger partial charge >= 0.3 is 0 Å². The van der Waals surface area contributed by atoms with Crippen molar-refractivity contribution >= 4 is 11.8 Å². The summed E-state index contributed by atoms with van der Waals surface area (Å²) in [6, 6.07) is 11.3. The van der Waals surface area contributed by atoms with Crippen LogP contribution in [0.4, 0.5) is 0 Å². The van der Waals surface area contributed by atoms with Crippen LogP contribution in [0.2, 0.25) is 0 Å². The fraction of sp³-hybridized carbons (Fsp3) is 0.714. The molecule has 0 saturated carbocycles. The molecule has 0 atom stereocenters. The zero-order chi connectivity index (χ0) is 46.0. The number of benzene rings is 2. The Morgan fingerprint density at radius 3 is 1.28 bits per heavy atom. The molecule has 9 heteroatoms. The largest absolute Gasteiger partial charge is 0.490 e. The van der Waals surface area contributed by atoms with Crippen LogP contribution in [0.25, 0.3) is 0 Å². The molecule has 65 heavy (non-hydrogen) atoms. The molecule has 0 unspecified atom stereocenters. The number of hydrogen-bond acceptors (Lipinski definition) is 7. The van der Waals surface area contributed by atoms with Crippen LogP contribution in [0.1, 0.15) is 252 Å². The SMILES string of the molecule is CCCCCCCCCCCCOc1cc(Cn2cc(CCCN3C(=O)c4ccccc4C3=O)nn2)cc(OCCCCCCCCCCCC)c1OCCCCCCCCCCCC. The molecule has 0 saturated heterocycles. The molecule has 2 amide bonds. The molecule has 4 rings (SSSR count). The van der Waals surface area contributed by atoms with Gasteiger partial charge < -0.3 is 14.2 Å². The van der Waals surface area contributed by atoms with E-state index in [2.05, 4.69) is 43.2 Å². The number of unbranched alkanes of at least 4 members (excludes halogenated alkanes) is 27. The van der Waals surface area contributed by atoms with E-state index in [1.54, 1.807) is 24.3 Å². The fourth-order valence-corrected chi connectivity index (χ4v) is 8.96. The second kappa shape index (κ2) is 34.4. The Morgan fingerprint density at radius 2 is 0.862 bits per heavy atom. The molecule has 0 aliphatic carbocycles. The van der Waals surface area contributed by atoms with E-state index in [-0.39, 0.29) is 11.8 Å². The number of nitrogens with zero attached hydrogens (tertiary/aromatic N) is 4. The molecule has 0 N–H and O–H groups in total. The monoisotopic (exact) mass is 899 g/mol. The van der Waals surface area contributed by atoms with Crippen molar-refractivity contribution < 1.29 is 23.8 Å². The van der Waals surface area contributed by atoms with Gasteiger partial charge in [-0.2, -0.15) is 0 Å². The first-order chi connectivity index (χ1) is 32.0. The van der Waals surface area contributed by atoms with Crippen molar-refractivity contribution in [1.29, 1.82) is 0 Å². The maximum Gasteiger partial charge on any atom is 0.261 e. The lowest BCUT2D eigenvalue weighted by Gasteiger charge is -2.19. The summed E-state index contributed by atoms with van der Waals surface area (Å²) in [6.45, 7) is 9.63. The second-order valence-electron chi connectivity index (χ2n) is 18.8. The van der Waals surface area contributed by atoms with E-state index < -0.39 is 0 Å².